The zero-order chi connectivity index (χ0) is 8.27. The van der Waals surface area contributed by atoms with E-state index in [0.717, 1.165) is 0 Å². The molecule has 0 atom stereocenters. The number of aliphatic imine (C=N–C) groups is 1. The molecular formula is C8H12N2S. The fourth-order valence-electron chi connectivity index (χ4n) is 0.908. The summed E-state index contributed by atoms with van der Waals surface area (Å²) in [6.07, 6.45) is 1.71. The molecule has 1 N–H and O–H groups in total. The lowest BCUT2D eigenvalue weighted by Crippen LogP contribution is -1.92. The summed E-state index contributed by atoms with van der Waals surface area (Å²) in [7, 11) is 1.75. The highest BCUT2D eigenvalue weighted by atomic mass is 32.1. The molecule has 0 saturated carbocycles. The van der Waals surface area contributed by atoms with Crippen molar-refractivity contribution in [1.29, 1.82) is 0 Å². The van der Waals surface area contributed by atoms with Crippen LogP contribution in [-0.4, -0.2) is 13.4 Å². The number of hydrogen-bond acceptors (Lipinski definition) is 2. The average Bonchev–Trinajstić information content (AvgIpc) is 2.26. The lowest BCUT2D eigenvalue weighted by molar-refractivity contribution is 1.45. The van der Waals surface area contributed by atoms with Crippen molar-refractivity contribution in [3.05, 3.63) is 16.5 Å². The van der Waals surface area contributed by atoms with Gasteiger partial charge in [0.1, 0.15) is 0 Å². The van der Waals surface area contributed by atoms with Crippen molar-refractivity contribution in [2.45, 2.75) is 13.8 Å². The van der Waals surface area contributed by atoms with Gasteiger partial charge in [0, 0.05) is 11.9 Å². The number of hydrogen-bond donors (Lipinski definition) is 1. The quantitative estimate of drug-likeness (QED) is 0.532. The van der Waals surface area contributed by atoms with Crippen molar-refractivity contribution >= 4 is 22.7 Å². The molecule has 0 bridgehead atoms. The predicted octanol–water partition coefficient (Wildman–Crippen LogP) is 2.43. The van der Waals surface area contributed by atoms with Crippen LogP contribution in [0.15, 0.2) is 11.1 Å². The Balaban J connectivity index is 2.77. The van der Waals surface area contributed by atoms with Gasteiger partial charge in [-0.1, -0.05) is 0 Å². The van der Waals surface area contributed by atoms with Crippen LogP contribution >= 0.6 is 11.3 Å². The zero-order valence-electron chi connectivity index (χ0n) is 7.01. The van der Waals surface area contributed by atoms with Crippen molar-refractivity contribution in [2.75, 3.05) is 12.4 Å². The van der Waals surface area contributed by atoms with Crippen LogP contribution in [0.1, 0.15) is 10.4 Å². The van der Waals surface area contributed by atoms with Crippen molar-refractivity contribution < 1.29 is 0 Å². The van der Waals surface area contributed by atoms with E-state index in [-0.39, 0.29) is 0 Å². The lowest BCUT2D eigenvalue weighted by Gasteiger charge is -1.94. The molecule has 1 heterocycles. The summed E-state index contributed by atoms with van der Waals surface area (Å²) in [5.74, 6) is 0. The topological polar surface area (TPSA) is 24.4 Å². The van der Waals surface area contributed by atoms with E-state index in [1.807, 2.05) is 0 Å². The van der Waals surface area contributed by atoms with Gasteiger partial charge in [0.15, 0.2) is 0 Å². The minimum absolute atomic E-state index is 1.19. The first-order valence-corrected chi connectivity index (χ1v) is 4.30. The fourth-order valence-corrected chi connectivity index (χ4v) is 1.80. The summed E-state index contributed by atoms with van der Waals surface area (Å²) in [4.78, 5) is 5.18. The molecule has 2 nitrogen and oxygen atoms in total. The van der Waals surface area contributed by atoms with Gasteiger partial charge in [-0.2, -0.15) is 0 Å². The summed E-state index contributed by atoms with van der Waals surface area (Å²) in [6.45, 7) is 4.20. The van der Waals surface area contributed by atoms with Crippen LogP contribution in [0.25, 0.3) is 0 Å². The Labute approximate surface area is 71.0 Å². The number of anilines is 1. The van der Waals surface area contributed by atoms with Gasteiger partial charge in [0.25, 0.3) is 0 Å². The van der Waals surface area contributed by atoms with Gasteiger partial charge >= 0.3 is 0 Å². The minimum Gasteiger partial charge on any atom is -0.338 e. The van der Waals surface area contributed by atoms with Crippen LogP contribution in [-0.2, 0) is 0 Å². The molecule has 0 amide bonds. The predicted molar refractivity (Wildman–Crippen MR) is 51.8 cm³/mol. The van der Waals surface area contributed by atoms with Crippen LogP contribution in [0.4, 0.5) is 5.00 Å². The molecule has 0 aliphatic rings. The summed E-state index contributed by atoms with van der Waals surface area (Å²) < 4.78 is 0. The Hall–Kier alpha value is -0.830. The van der Waals surface area contributed by atoms with Crippen LogP contribution < -0.4 is 5.32 Å². The van der Waals surface area contributed by atoms with E-state index in [2.05, 4.69) is 30.2 Å². The standard InChI is InChI=1S/C8H12N2S/c1-6-4-7(2)11-8(6)10-5-9-3/h4-5H,1-3H3,(H,9,10). The normalized spacial score (nSPS) is 10.8. The number of nitrogens with one attached hydrogen (secondary N) is 1. The molecule has 60 valence electrons. The van der Waals surface area contributed by atoms with E-state index in [0.29, 0.717) is 0 Å². The lowest BCUT2D eigenvalue weighted by atomic mass is 10.3. The Kier molecular flexibility index (Phi) is 2.65. The van der Waals surface area contributed by atoms with Gasteiger partial charge in [-0.25, -0.2) is 0 Å². The number of nitrogens with zero attached hydrogens (tertiary/aromatic N) is 1. The molecule has 1 aromatic rings. The first kappa shape index (κ1) is 8.27. The van der Waals surface area contributed by atoms with Crippen LogP contribution in [0.2, 0.25) is 0 Å². The molecule has 0 spiro atoms. The number of rotatable bonds is 2. The van der Waals surface area contributed by atoms with E-state index < -0.39 is 0 Å². The third kappa shape index (κ3) is 2.05. The van der Waals surface area contributed by atoms with Crippen molar-refractivity contribution in [2.24, 2.45) is 4.99 Å². The second-order valence-corrected chi connectivity index (χ2v) is 3.66. The van der Waals surface area contributed by atoms with Crippen molar-refractivity contribution in [3.63, 3.8) is 0 Å². The molecule has 0 fully saturated rings. The van der Waals surface area contributed by atoms with Crippen molar-refractivity contribution in [3.8, 4) is 0 Å². The Morgan fingerprint density at radius 1 is 1.55 bits per heavy atom. The molecule has 0 aromatic carbocycles. The summed E-state index contributed by atoms with van der Waals surface area (Å²) in [6, 6.07) is 2.16. The largest absolute Gasteiger partial charge is 0.338 e. The number of aryl methyl sites for hydroxylation is 2. The molecule has 0 saturated heterocycles. The Bertz CT molecular complexity index is 263. The highest BCUT2D eigenvalue weighted by molar-refractivity contribution is 7.16. The van der Waals surface area contributed by atoms with Gasteiger partial charge in [0.2, 0.25) is 0 Å². The molecule has 0 radical (unpaired) electrons. The van der Waals surface area contributed by atoms with Crippen LogP contribution in [0.3, 0.4) is 0 Å². The maximum absolute atomic E-state index is 3.85. The molecule has 1 aromatic heterocycles. The molecule has 0 unspecified atom stereocenters. The zero-order valence-corrected chi connectivity index (χ0v) is 7.83. The molecular weight excluding hydrogens is 156 g/mol. The fraction of sp³-hybridized carbons (Fsp3) is 0.375. The third-order valence-corrected chi connectivity index (χ3v) is 2.45. The Morgan fingerprint density at radius 2 is 2.27 bits per heavy atom. The SMILES string of the molecule is CN=CNc1sc(C)cc1C. The van der Waals surface area contributed by atoms with E-state index in [1.165, 1.54) is 15.4 Å². The maximum atomic E-state index is 3.85. The molecule has 3 heteroatoms. The second kappa shape index (κ2) is 3.53. The maximum Gasteiger partial charge on any atom is 0.0965 e. The third-order valence-electron chi connectivity index (χ3n) is 1.37. The Morgan fingerprint density at radius 3 is 2.73 bits per heavy atom. The van der Waals surface area contributed by atoms with Gasteiger partial charge in [-0.15, -0.1) is 11.3 Å². The van der Waals surface area contributed by atoms with E-state index >= 15 is 0 Å². The number of thiophene rings is 1. The highest BCUT2D eigenvalue weighted by Crippen LogP contribution is 2.25. The summed E-state index contributed by atoms with van der Waals surface area (Å²) >= 11 is 1.75. The summed E-state index contributed by atoms with van der Waals surface area (Å²) in [5, 5.41) is 4.30. The van der Waals surface area contributed by atoms with Crippen LogP contribution in [0, 0.1) is 13.8 Å². The van der Waals surface area contributed by atoms with Crippen molar-refractivity contribution in [1.82, 2.24) is 0 Å². The smallest absolute Gasteiger partial charge is 0.0965 e. The molecule has 0 aliphatic heterocycles. The molecule has 0 aliphatic carbocycles. The van der Waals surface area contributed by atoms with E-state index in [4.69, 9.17) is 0 Å². The minimum atomic E-state index is 1.19. The van der Waals surface area contributed by atoms with Crippen LogP contribution in [0.5, 0.6) is 0 Å². The average molecular weight is 168 g/mol. The second-order valence-electron chi connectivity index (χ2n) is 2.40. The van der Waals surface area contributed by atoms with Gasteiger partial charge in [-0.3, -0.25) is 4.99 Å². The van der Waals surface area contributed by atoms with E-state index in [9.17, 15) is 0 Å². The van der Waals surface area contributed by atoms with Gasteiger partial charge < -0.3 is 5.32 Å². The monoisotopic (exact) mass is 168 g/mol. The van der Waals surface area contributed by atoms with Gasteiger partial charge in [-0.05, 0) is 25.5 Å². The van der Waals surface area contributed by atoms with E-state index in [1.54, 1.807) is 24.7 Å². The van der Waals surface area contributed by atoms with Gasteiger partial charge in [0.05, 0.1) is 11.3 Å². The summed E-state index contributed by atoms with van der Waals surface area (Å²) in [5.41, 5.74) is 1.28. The molecule has 11 heavy (non-hydrogen) atoms. The molecule has 1 rings (SSSR count). The highest BCUT2D eigenvalue weighted by Gasteiger charge is 1.98. The first-order valence-electron chi connectivity index (χ1n) is 3.48. The first-order chi connectivity index (χ1) is 5.24.